The summed E-state index contributed by atoms with van der Waals surface area (Å²) in [6.45, 7) is 8.58. The van der Waals surface area contributed by atoms with Crippen molar-refractivity contribution in [3.63, 3.8) is 0 Å². The van der Waals surface area contributed by atoms with Crippen molar-refractivity contribution in [3.8, 4) is 0 Å². The lowest BCUT2D eigenvalue weighted by Crippen LogP contribution is -2.18. The highest BCUT2D eigenvalue weighted by Crippen LogP contribution is 2.28. The molecule has 3 aromatic rings. The molecular weight excluding hydrogens is 370 g/mol. The third kappa shape index (κ3) is 4.56. The van der Waals surface area contributed by atoms with E-state index >= 15 is 0 Å². The minimum atomic E-state index is 0.556. The molecule has 1 unspecified atom stereocenters. The maximum atomic E-state index is 4.83. The van der Waals surface area contributed by atoms with Gasteiger partial charge in [0.2, 0.25) is 0 Å². The molecule has 2 N–H and O–H groups in total. The zero-order valence-corrected chi connectivity index (χ0v) is 18.2. The fourth-order valence-electron chi connectivity index (χ4n) is 4.13. The van der Waals surface area contributed by atoms with Crippen molar-refractivity contribution < 1.29 is 0 Å². The SMILES string of the molecule is CCC/C=C(/N=C/C=C(\C)N1CCC(c2cn[nH]c2)C1)c1ccc2cc(C)[nH]c2c1. The van der Waals surface area contributed by atoms with Gasteiger partial charge in [0, 0.05) is 53.9 Å². The zero-order valence-electron chi connectivity index (χ0n) is 18.2. The number of rotatable bonds is 7. The molecule has 5 heteroatoms. The number of hydrogen-bond acceptors (Lipinski definition) is 3. The van der Waals surface area contributed by atoms with Crippen LogP contribution in [0.15, 0.2) is 59.5 Å². The van der Waals surface area contributed by atoms with E-state index in [9.17, 15) is 0 Å². The maximum Gasteiger partial charge on any atom is 0.0662 e. The number of nitrogens with zero attached hydrogens (tertiary/aromatic N) is 3. The van der Waals surface area contributed by atoms with Gasteiger partial charge in [0.25, 0.3) is 0 Å². The molecule has 30 heavy (non-hydrogen) atoms. The summed E-state index contributed by atoms with van der Waals surface area (Å²) in [5.41, 5.74) is 7.10. The third-order valence-corrected chi connectivity index (χ3v) is 5.89. The van der Waals surface area contributed by atoms with E-state index < -0.39 is 0 Å². The van der Waals surface area contributed by atoms with E-state index in [0.29, 0.717) is 5.92 Å². The van der Waals surface area contributed by atoms with E-state index in [1.54, 1.807) is 0 Å². The van der Waals surface area contributed by atoms with Gasteiger partial charge in [0.05, 0.1) is 11.9 Å². The molecule has 0 amide bonds. The molecule has 1 atom stereocenters. The molecule has 1 saturated heterocycles. The number of aromatic amines is 2. The summed E-state index contributed by atoms with van der Waals surface area (Å²) < 4.78 is 0. The van der Waals surface area contributed by atoms with E-state index in [1.807, 2.05) is 18.6 Å². The summed E-state index contributed by atoms with van der Waals surface area (Å²) in [4.78, 5) is 10.7. The fourth-order valence-corrected chi connectivity index (χ4v) is 4.13. The lowest BCUT2D eigenvalue weighted by molar-refractivity contribution is 0.422. The molecule has 3 heterocycles. The van der Waals surface area contributed by atoms with Crippen LogP contribution >= 0.6 is 0 Å². The van der Waals surface area contributed by atoms with Crippen molar-refractivity contribution >= 4 is 22.8 Å². The minimum absolute atomic E-state index is 0.556. The summed E-state index contributed by atoms with van der Waals surface area (Å²) in [5.74, 6) is 0.556. The number of aromatic nitrogens is 3. The molecular formula is C25H31N5. The summed E-state index contributed by atoms with van der Waals surface area (Å²) in [7, 11) is 0. The Kier molecular flexibility index (Phi) is 6.17. The number of benzene rings is 1. The third-order valence-electron chi connectivity index (χ3n) is 5.89. The smallest absolute Gasteiger partial charge is 0.0662 e. The number of aliphatic imine (C=N–C) groups is 1. The van der Waals surface area contributed by atoms with Crippen molar-refractivity contribution in [3.05, 3.63) is 71.3 Å². The van der Waals surface area contributed by atoms with Gasteiger partial charge in [-0.05, 0) is 55.8 Å². The predicted molar refractivity (Wildman–Crippen MR) is 126 cm³/mol. The molecule has 156 valence electrons. The number of hydrogen-bond donors (Lipinski definition) is 2. The Balaban J connectivity index is 1.48. The van der Waals surface area contributed by atoms with E-state index in [1.165, 1.54) is 28.8 Å². The van der Waals surface area contributed by atoms with Crippen LogP contribution < -0.4 is 0 Å². The van der Waals surface area contributed by atoms with Crippen LogP contribution in [0.3, 0.4) is 0 Å². The summed E-state index contributed by atoms with van der Waals surface area (Å²) in [5, 5.41) is 8.26. The average molecular weight is 402 g/mol. The number of aryl methyl sites for hydroxylation is 1. The average Bonchev–Trinajstić information content (AvgIpc) is 3.49. The number of likely N-dealkylation sites (tertiary alicyclic amines) is 1. The Morgan fingerprint density at radius 3 is 3.03 bits per heavy atom. The van der Waals surface area contributed by atoms with E-state index in [2.05, 4.69) is 77.3 Å². The highest BCUT2D eigenvalue weighted by atomic mass is 15.2. The molecule has 5 nitrogen and oxygen atoms in total. The maximum absolute atomic E-state index is 4.83. The van der Waals surface area contributed by atoms with Crippen LogP contribution in [0.1, 0.15) is 55.8 Å². The molecule has 2 aromatic heterocycles. The zero-order chi connectivity index (χ0) is 20.9. The molecule has 0 radical (unpaired) electrons. The van der Waals surface area contributed by atoms with E-state index in [-0.39, 0.29) is 0 Å². The Labute approximate surface area is 178 Å². The first-order valence-electron chi connectivity index (χ1n) is 10.9. The van der Waals surface area contributed by atoms with Crippen LogP contribution in [0.2, 0.25) is 0 Å². The lowest BCUT2D eigenvalue weighted by Gasteiger charge is -2.18. The number of nitrogens with one attached hydrogen (secondary N) is 2. The Morgan fingerprint density at radius 1 is 1.33 bits per heavy atom. The topological polar surface area (TPSA) is 60.1 Å². The number of H-pyrrole nitrogens is 2. The Hall–Kier alpha value is -3.08. The quantitative estimate of drug-likeness (QED) is 0.491. The molecule has 1 aromatic carbocycles. The van der Waals surface area contributed by atoms with Gasteiger partial charge >= 0.3 is 0 Å². The molecule has 0 saturated carbocycles. The van der Waals surface area contributed by atoms with Gasteiger partial charge in [-0.2, -0.15) is 5.10 Å². The normalized spacial score (nSPS) is 18.2. The predicted octanol–water partition coefficient (Wildman–Crippen LogP) is 5.80. The van der Waals surface area contributed by atoms with Crippen LogP contribution in [0.5, 0.6) is 0 Å². The molecule has 1 aliphatic rings. The molecule has 1 aliphatic heterocycles. The number of unbranched alkanes of at least 4 members (excludes halogenated alkanes) is 1. The second kappa shape index (κ2) is 9.16. The van der Waals surface area contributed by atoms with E-state index in [0.717, 1.165) is 42.7 Å². The van der Waals surface area contributed by atoms with Crippen LogP contribution in [-0.2, 0) is 0 Å². The van der Waals surface area contributed by atoms with Crippen molar-refractivity contribution in [1.82, 2.24) is 20.1 Å². The van der Waals surface area contributed by atoms with Gasteiger partial charge in [-0.25, -0.2) is 0 Å². The first kappa shape index (κ1) is 20.2. The number of fused-ring (bicyclic) bond motifs is 1. The molecule has 0 aliphatic carbocycles. The van der Waals surface area contributed by atoms with Crippen LogP contribution in [-0.4, -0.2) is 39.4 Å². The van der Waals surface area contributed by atoms with E-state index in [4.69, 9.17) is 4.99 Å². The van der Waals surface area contributed by atoms with Crippen LogP contribution in [0, 0.1) is 6.92 Å². The van der Waals surface area contributed by atoms with Gasteiger partial charge in [0.15, 0.2) is 0 Å². The van der Waals surface area contributed by atoms with Crippen molar-refractivity contribution in [1.29, 1.82) is 0 Å². The second-order valence-corrected chi connectivity index (χ2v) is 8.18. The highest BCUT2D eigenvalue weighted by Gasteiger charge is 2.24. The number of allylic oxidation sites excluding steroid dienone is 3. The van der Waals surface area contributed by atoms with Crippen molar-refractivity contribution in [2.75, 3.05) is 13.1 Å². The molecule has 1 fully saturated rings. The monoisotopic (exact) mass is 401 g/mol. The van der Waals surface area contributed by atoms with Crippen LogP contribution in [0.4, 0.5) is 0 Å². The van der Waals surface area contributed by atoms with Gasteiger partial charge in [-0.3, -0.25) is 10.1 Å². The van der Waals surface area contributed by atoms with Gasteiger partial charge < -0.3 is 9.88 Å². The summed E-state index contributed by atoms with van der Waals surface area (Å²) >= 11 is 0. The Bertz CT molecular complexity index is 1070. The first-order chi connectivity index (χ1) is 14.6. The van der Waals surface area contributed by atoms with Crippen LogP contribution in [0.25, 0.3) is 16.6 Å². The standard InChI is InChI=1S/C25H31N5/c1-4-5-6-24(21-8-7-20-13-18(2)29-25(20)14-21)26-11-9-19(3)30-12-10-22(17-30)23-15-27-28-16-23/h6-9,11,13-16,22,29H,4-5,10,12,17H2,1-3H3,(H,27,28)/b19-9+,24-6+,26-11+. The summed E-state index contributed by atoms with van der Waals surface area (Å²) in [6.07, 6.45) is 13.6. The van der Waals surface area contributed by atoms with Crippen molar-refractivity contribution in [2.24, 2.45) is 4.99 Å². The van der Waals surface area contributed by atoms with Gasteiger partial charge in [0.1, 0.15) is 0 Å². The first-order valence-corrected chi connectivity index (χ1v) is 10.9. The van der Waals surface area contributed by atoms with Crippen molar-refractivity contribution in [2.45, 2.75) is 46.0 Å². The molecule has 4 rings (SSSR count). The summed E-state index contributed by atoms with van der Waals surface area (Å²) in [6, 6.07) is 8.72. The molecule has 0 spiro atoms. The Morgan fingerprint density at radius 2 is 2.23 bits per heavy atom. The van der Waals surface area contributed by atoms with Gasteiger partial charge in [-0.15, -0.1) is 0 Å². The minimum Gasteiger partial charge on any atom is -0.374 e. The lowest BCUT2D eigenvalue weighted by atomic mass is 10.0. The highest BCUT2D eigenvalue weighted by molar-refractivity contribution is 5.86. The van der Waals surface area contributed by atoms with Gasteiger partial charge in [-0.1, -0.05) is 31.6 Å². The second-order valence-electron chi connectivity index (χ2n) is 8.18. The molecule has 0 bridgehead atoms. The largest absolute Gasteiger partial charge is 0.374 e. The fraction of sp³-hybridized carbons (Fsp3) is 0.360.